The molecule has 0 bridgehead atoms. The quantitative estimate of drug-likeness (QED) is 0.581. The minimum Gasteiger partial charge on any atom is -0.325 e. The molecule has 110 valence electrons. The van der Waals surface area contributed by atoms with Crippen molar-refractivity contribution in [2.24, 2.45) is 5.73 Å². The first-order valence-electron chi connectivity index (χ1n) is 7.15. The molecular weight excluding hydrogens is 292 g/mol. The first kappa shape index (κ1) is 14.6. The fraction of sp³-hybridized carbons (Fsp3) is 0.111. The summed E-state index contributed by atoms with van der Waals surface area (Å²) in [5, 5.41) is 3.21. The number of hydrogen-bond acceptors (Lipinski definition) is 3. The maximum atomic E-state index is 11.1. The number of hydrogen-bond donors (Lipinski definition) is 1. The van der Waals surface area contributed by atoms with E-state index in [0.29, 0.717) is 6.54 Å². The Balaban J connectivity index is 1.98. The number of aromatic nitrogens is 1. The molecule has 0 aliphatic rings. The highest BCUT2D eigenvalue weighted by atomic mass is 32.1. The van der Waals surface area contributed by atoms with Crippen molar-refractivity contribution in [2.75, 3.05) is 6.54 Å². The lowest BCUT2D eigenvalue weighted by molar-refractivity contribution is -0.696. The third-order valence-corrected chi connectivity index (χ3v) is 4.63. The van der Waals surface area contributed by atoms with Gasteiger partial charge in [-0.15, -0.1) is 11.3 Å². The number of thiophene rings is 1. The predicted molar refractivity (Wildman–Crippen MR) is 91.8 cm³/mol. The number of nitrogens with zero attached hydrogens (tertiary/aromatic N) is 1. The first-order valence-corrected chi connectivity index (χ1v) is 8.03. The lowest BCUT2D eigenvalue weighted by Gasteiger charge is -1.98. The van der Waals surface area contributed by atoms with Gasteiger partial charge in [-0.25, -0.2) is 0 Å². The molecule has 0 spiro atoms. The standard InChI is InChI=1S/C18H17N2OS/c19-9-11-20-10-2-1-5-16(20)8-7-15-13-22-18-14(12-21)4-3-6-17(15)18/h1-8,10,12-13H,9,11,19H2/q+1/b8-7+. The van der Waals surface area contributed by atoms with Gasteiger partial charge in [0, 0.05) is 33.9 Å². The molecule has 0 radical (unpaired) electrons. The van der Waals surface area contributed by atoms with E-state index in [1.54, 1.807) is 11.3 Å². The van der Waals surface area contributed by atoms with Crippen LogP contribution in [0.3, 0.4) is 0 Å². The van der Waals surface area contributed by atoms with Crippen LogP contribution in [0.5, 0.6) is 0 Å². The summed E-state index contributed by atoms with van der Waals surface area (Å²) in [5.74, 6) is 0. The molecule has 0 atom stereocenters. The Labute approximate surface area is 133 Å². The van der Waals surface area contributed by atoms with Crippen LogP contribution in [0.15, 0.2) is 48.0 Å². The Morgan fingerprint density at radius 2 is 2.00 bits per heavy atom. The first-order chi connectivity index (χ1) is 10.8. The average Bonchev–Trinajstić information content (AvgIpc) is 2.97. The van der Waals surface area contributed by atoms with Gasteiger partial charge in [-0.1, -0.05) is 18.2 Å². The zero-order chi connectivity index (χ0) is 15.4. The summed E-state index contributed by atoms with van der Waals surface area (Å²) in [5.41, 5.74) is 8.64. The number of carbonyl (C=O) groups excluding carboxylic acids is 1. The lowest BCUT2D eigenvalue weighted by Crippen LogP contribution is -2.39. The highest BCUT2D eigenvalue weighted by molar-refractivity contribution is 7.17. The normalized spacial score (nSPS) is 11.3. The Kier molecular flexibility index (Phi) is 4.42. The average molecular weight is 309 g/mol. The van der Waals surface area contributed by atoms with Gasteiger partial charge in [0.15, 0.2) is 19.0 Å². The molecule has 3 aromatic rings. The zero-order valence-electron chi connectivity index (χ0n) is 12.1. The molecule has 22 heavy (non-hydrogen) atoms. The second-order valence-electron chi connectivity index (χ2n) is 4.97. The number of carbonyl (C=O) groups is 1. The molecule has 0 aliphatic heterocycles. The second kappa shape index (κ2) is 6.64. The van der Waals surface area contributed by atoms with E-state index < -0.39 is 0 Å². The van der Waals surface area contributed by atoms with Crippen LogP contribution < -0.4 is 10.3 Å². The van der Waals surface area contributed by atoms with Gasteiger partial charge in [0.2, 0.25) is 5.69 Å². The minimum absolute atomic E-state index is 0.611. The van der Waals surface area contributed by atoms with Gasteiger partial charge in [-0.2, -0.15) is 4.57 Å². The summed E-state index contributed by atoms with van der Waals surface area (Å²) in [6, 6.07) is 11.9. The summed E-state index contributed by atoms with van der Waals surface area (Å²) >= 11 is 1.61. The third kappa shape index (κ3) is 2.84. The van der Waals surface area contributed by atoms with Gasteiger partial charge >= 0.3 is 0 Å². The Hall–Kier alpha value is -2.30. The predicted octanol–water partition coefficient (Wildman–Crippen LogP) is 3.13. The molecule has 0 unspecified atom stereocenters. The lowest BCUT2D eigenvalue weighted by atomic mass is 10.1. The van der Waals surface area contributed by atoms with Crippen molar-refractivity contribution in [2.45, 2.75) is 6.54 Å². The van der Waals surface area contributed by atoms with E-state index in [0.717, 1.165) is 39.7 Å². The van der Waals surface area contributed by atoms with Crippen LogP contribution in [-0.2, 0) is 6.54 Å². The summed E-state index contributed by atoms with van der Waals surface area (Å²) in [4.78, 5) is 11.1. The molecule has 2 heterocycles. The van der Waals surface area contributed by atoms with Gasteiger partial charge in [-0.05, 0) is 23.1 Å². The van der Waals surface area contributed by atoms with Crippen LogP contribution >= 0.6 is 11.3 Å². The van der Waals surface area contributed by atoms with E-state index in [9.17, 15) is 4.79 Å². The van der Waals surface area contributed by atoms with Gasteiger partial charge in [0.25, 0.3) is 0 Å². The summed E-state index contributed by atoms with van der Waals surface area (Å²) < 4.78 is 3.17. The van der Waals surface area contributed by atoms with Crippen molar-refractivity contribution >= 4 is 39.9 Å². The Bertz CT molecular complexity index is 836. The van der Waals surface area contributed by atoms with Gasteiger partial charge in [0.1, 0.15) is 0 Å². The fourth-order valence-corrected chi connectivity index (χ4v) is 3.50. The SMILES string of the molecule is NCC[n+]1ccccc1/C=C/c1csc2c(C=O)cccc12. The number of benzene rings is 1. The molecule has 0 fully saturated rings. The Morgan fingerprint density at radius 3 is 2.82 bits per heavy atom. The van der Waals surface area contributed by atoms with Gasteiger partial charge < -0.3 is 5.73 Å². The monoisotopic (exact) mass is 309 g/mol. The van der Waals surface area contributed by atoms with Crippen LogP contribution in [-0.4, -0.2) is 12.8 Å². The van der Waals surface area contributed by atoms with E-state index in [4.69, 9.17) is 5.73 Å². The van der Waals surface area contributed by atoms with Crippen LogP contribution in [0.4, 0.5) is 0 Å². The van der Waals surface area contributed by atoms with Crippen molar-refractivity contribution < 1.29 is 9.36 Å². The van der Waals surface area contributed by atoms with E-state index in [-0.39, 0.29) is 0 Å². The summed E-state index contributed by atoms with van der Waals surface area (Å²) in [6.45, 7) is 1.40. The molecule has 4 heteroatoms. The highest BCUT2D eigenvalue weighted by Gasteiger charge is 2.07. The molecule has 0 saturated carbocycles. The summed E-state index contributed by atoms with van der Waals surface area (Å²) in [7, 11) is 0. The number of rotatable bonds is 5. The third-order valence-electron chi connectivity index (χ3n) is 3.57. The number of fused-ring (bicyclic) bond motifs is 1. The van der Waals surface area contributed by atoms with Crippen molar-refractivity contribution in [3.05, 3.63) is 64.8 Å². The molecule has 2 aromatic heterocycles. The van der Waals surface area contributed by atoms with E-state index >= 15 is 0 Å². The summed E-state index contributed by atoms with van der Waals surface area (Å²) in [6.07, 6.45) is 7.13. The smallest absolute Gasteiger partial charge is 0.205 e. The molecule has 3 nitrogen and oxygen atoms in total. The molecule has 0 amide bonds. The van der Waals surface area contributed by atoms with Gasteiger partial charge in [-0.3, -0.25) is 4.79 Å². The van der Waals surface area contributed by atoms with Crippen LogP contribution in [0.25, 0.3) is 22.2 Å². The highest BCUT2D eigenvalue weighted by Crippen LogP contribution is 2.29. The second-order valence-corrected chi connectivity index (χ2v) is 5.85. The zero-order valence-corrected chi connectivity index (χ0v) is 12.9. The topological polar surface area (TPSA) is 47.0 Å². The minimum atomic E-state index is 0.611. The number of pyridine rings is 1. The van der Waals surface area contributed by atoms with Gasteiger partial charge in [0.05, 0.1) is 6.54 Å². The largest absolute Gasteiger partial charge is 0.325 e. The van der Waals surface area contributed by atoms with Crippen molar-refractivity contribution in [3.63, 3.8) is 0 Å². The van der Waals surface area contributed by atoms with E-state index in [1.807, 2.05) is 30.5 Å². The number of aldehydes is 1. The van der Waals surface area contributed by atoms with Crippen molar-refractivity contribution in [1.82, 2.24) is 0 Å². The van der Waals surface area contributed by atoms with Crippen LogP contribution in [0.1, 0.15) is 21.6 Å². The van der Waals surface area contributed by atoms with Crippen molar-refractivity contribution in [1.29, 1.82) is 0 Å². The number of nitrogens with two attached hydrogens (primary N) is 1. The molecule has 0 saturated heterocycles. The van der Waals surface area contributed by atoms with E-state index in [1.165, 1.54) is 0 Å². The van der Waals surface area contributed by atoms with Crippen molar-refractivity contribution in [3.8, 4) is 0 Å². The fourth-order valence-electron chi connectivity index (χ4n) is 2.48. The molecule has 1 aromatic carbocycles. The van der Waals surface area contributed by atoms with E-state index in [2.05, 4.69) is 34.2 Å². The Morgan fingerprint density at radius 1 is 1.09 bits per heavy atom. The maximum absolute atomic E-state index is 11.1. The molecule has 3 rings (SSSR count). The molecular formula is C18H17N2OS+. The molecule has 0 aliphatic carbocycles. The van der Waals surface area contributed by atoms with Crippen LogP contribution in [0.2, 0.25) is 0 Å². The molecule has 2 N–H and O–H groups in total. The maximum Gasteiger partial charge on any atom is 0.205 e. The van der Waals surface area contributed by atoms with Crippen LogP contribution in [0, 0.1) is 0 Å².